The molecule has 2 rings (SSSR count). The summed E-state index contributed by atoms with van der Waals surface area (Å²) in [6.07, 6.45) is 3.08. The maximum Gasteiger partial charge on any atom is 0.241 e. The zero-order chi connectivity index (χ0) is 13.8. The molecule has 1 amide bonds. The van der Waals surface area contributed by atoms with Crippen molar-refractivity contribution in [2.75, 3.05) is 18.6 Å². The normalized spacial score (nSPS) is 23.1. The summed E-state index contributed by atoms with van der Waals surface area (Å²) in [7, 11) is 0. The second-order valence-electron chi connectivity index (χ2n) is 4.72. The summed E-state index contributed by atoms with van der Waals surface area (Å²) in [4.78, 5) is 14.1. The van der Waals surface area contributed by atoms with Crippen molar-refractivity contribution in [3.05, 3.63) is 34.9 Å². The minimum absolute atomic E-state index is 0.0263. The lowest BCUT2D eigenvalue weighted by Crippen LogP contribution is -2.31. The molecule has 0 aliphatic carbocycles. The fraction of sp³-hybridized carbons (Fsp3) is 0.500. The first kappa shape index (κ1) is 14.7. The number of hydrogen-bond acceptors (Lipinski definition) is 3. The van der Waals surface area contributed by atoms with Crippen molar-refractivity contribution < 1.29 is 4.79 Å². The van der Waals surface area contributed by atoms with Gasteiger partial charge in [0.2, 0.25) is 5.91 Å². The van der Waals surface area contributed by atoms with E-state index in [1.807, 2.05) is 47.9 Å². The molecule has 1 aliphatic rings. The summed E-state index contributed by atoms with van der Waals surface area (Å²) in [5, 5.41) is 4.06. The molecule has 5 heteroatoms. The molecule has 1 heterocycles. The third-order valence-electron chi connectivity index (χ3n) is 3.31. The van der Waals surface area contributed by atoms with Crippen LogP contribution in [0.4, 0.5) is 0 Å². The number of nitrogens with zero attached hydrogens (tertiary/aromatic N) is 1. The van der Waals surface area contributed by atoms with Crippen LogP contribution in [0.1, 0.15) is 25.1 Å². The van der Waals surface area contributed by atoms with E-state index in [0.717, 1.165) is 29.3 Å². The van der Waals surface area contributed by atoms with Gasteiger partial charge in [-0.05, 0) is 43.0 Å². The van der Waals surface area contributed by atoms with E-state index in [0.29, 0.717) is 0 Å². The largest absolute Gasteiger partial charge is 0.322 e. The average molecular weight is 299 g/mol. The Morgan fingerprint density at radius 3 is 2.68 bits per heavy atom. The third kappa shape index (κ3) is 3.44. The molecule has 3 nitrogen and oxygen atoms in total. The number of rotatable bonds is 5. The number of carbonyl (C=O) groups excluding carboxylic acids is 1. The monoisotopic (exact) mass is 298 g/mol. The van der Waals surface area contributed by atoms with Gasteiger partial charge in [-0.1, -0.05) is 23.7 Å². The molecule has 2 unspecified atom stereocenters. The van der Waals surface area contributed by atoms with Crippen molar-refractivity contribution in [1.82, 2.24) is 10.2 Å². The fourth-order valence-corrected chi connectivity index (χ4v) is 2.86. The van der Waals surface area contributed by atoms with Crippen LogP contribution in [0.2, 0.25) is 5.02 Å². The molecule has 0 bridgehead atoms. The topological polar surface area (TPSA) is 32.3 Å². The standard InChI is InChI=1S/C14H19ClN2OS/c1-10-14(18)17(8-3-9-19-2)13(16-10)11-4-6-12(15)7-5-11/h4-7,10,13,16H,3,8-9H2,1-2H3. The van der Waals surface area contributed by atoms with Crippen LogP contribution in [0.15, 0.2) is 24.3 Å². The highest BCUT2D eigenvalue weighted by Gasteiger charge is 2.36. The molecule has 1 aromatic rings. The highest BCUT2D eigenvalue weighted by molar-refractivity contribution is 7.98. The van der Waals surface area contributed by atoms with Crippen molar-refractivity contribution in [3.63, 3.8) is 0 Å². The molecule has 1 aromatic carbocycles. The number of nitrogens with one attached hydrogen (secondary N) is 1. The molecule has 104 valence electrons. The molecule has 0 spiro atoms. The Morgan fingerprint density at radius 2 is 2.05 bits per heavy atom. The number of amides is 1. The van der Waals surface area contributed by atoms with E-state index in [2.05, 4.69) is 11.6 Å². The van der Waals surface area contributed by atoms with Gasteiger partial charge in [-0.3, -0.25) is 10.1 Å². The van der Waals surface area contributed by atoms with Gasteiger partial charge in [0.15, 0.2) is 0 Å². The number of hydrogen-bond donors (Lipinski definition) is 1. The lowest BCUT2D eigenvalue weighted by Gasteiger charge is -2.24. The van der Waals surface area contributed by atoms with Gasteiger partial charge in [-0.25, -0.2) is 0 Å². The van der Waals surface area contributed by atoms with E-state index in [4.69, 9.17) is 11.6 Å². The zero-order valence-electron chi connectivity index (χ0n) is 11.2. The van der Waals surface area contributed by atoms with Gasteiger partial charge in [0.1, 0.15) is 6.17 Å². The van der Waals surface area contributed by atoms with E-state index >= 15 is 0 Å². The van der Waals surface area contributed by atoms with E-state index in [1.165, 1.54) is 0 Å². The van der Waals surface area contributed by atoms with Crippen LogP contribution in [0.25, 0.3) is 0 Å². The molecule has 0 radical (unpaired) electrons. The summed E-state index contributed by atoms with van der Waals surface area (Å²) >= 11 is 7.72. The first-order chi connectivity index (χ1) is 9.13. The van der Waals surface area contributed by atoms with Gasteiger partial charge in [0.25, 0.3) is 0 Å². The molecule has 1 saturated heterocycles. The van der Waals surface area contributed by atoms with Crippen LogP contribution in [-0.4, -0.2) is 35.4 Å². The predicted molar refractivity (Wildman–Crippen MR) is 81.5 cm³/mol. The fourth-order valence-electron chi connectivity index (χ4n) is 2.31. The van der Waals surface area contributed by atoms with Crippen molar-refractivity contribution in [1.29, 1.82) is 0 Å². The third-order valence-corrected chi connectivity index (χ3v) is 4.26. The Labute approximate surface area is 123 Å². The van der Waals surface area contributed by atoms with E-state index in [9.17, 15) is 4.79 Å². The molecular weight excluding hydrogens is 280 g/mol. The minimum Gasteiger partial charge on any atom is -0.322 e. The smallest absolute Gasteiger partial charge is 0.241 e. The Balaban J connectivity index is 2.12. The molecule has 1 N–H and O–H groups in total. The van der Waals surface area contributed by atoms with Gasteiger partial charge in [0.05, 0.1) is 6.04 Å². The van der Waals surface area contributed by atoms with Crippen LogP contribution in [0.5, 0.6) is 0 Å². The van der Waals surface area contributed by atoms with E-state index < -0.39 is 0 Å². The van der Waals surface area contributed by atoms with Crippen molar-refractivity contribution in [3.8, 4) is 0 Å². The highest BCUT2D eigenvalue weighted by atomic mass is 35.5. The maximum absolute atomic E-state index is 12.2. The minimum atomic E-state index is -0.116. The van der Waals surface area contributed by atoms with Crippen molar-refractivity contribution in [2.24, 2.45) is 0 Å². The van der Waals surface area contributed by atoms with Crippen LogP contribution >= 0.6 is 23.4 Å². The first-order valence-corrected chi connectivity index (χ1v) is 8.21. The van der Waals surface area contributed by atoms with Crippen LogP contribution < -0.4 is 5.32 Å². The Kier molecular flexibility index (Phi) is 5.13. The van der Waals surface area contributed by atoms with Crippen molar-refractivity contribution in [2.45, 2.75) is 25.6 Å². The zero-order valence-corrected chi connectivity index (χ0v) is 12.8. The summed E-state index contributed by atoms with van der Waals surface area (Å²) < 4.78 is 0. The molecule has 0 aromatic heterocycles. The van der Waals surface area contributed by atoms with Crippen molar-refractivity contribution >= 4 is 29.3 Å². The average Bonchev–Trinajstić information content (AvgIpc) is 2.68. The highest BCUT2D eigenvalue weighted by Crippen LogP contribution is 2.26. The maximum atomic E-state index is 12.2. The second kappa shape index (κ2) is 6.64. The number of carbonyl (C=O) groups is 1. The molecule has 1 aliphatic heterocycles. The Hall–Kier alpha value is -0.710. The molecular formula is C14H19ClN2OS. The quantitative estimate of drug-likeness (QED) is 0.848. The summed E-state index contributed by atoms with van der Waals surface area (Å²) in [5.74, 6) is 1.26. The van der Waals surface area contributed by atoms with Gasteiger partial charge in [-0.2, -0.15) is 11.8 Å². The summed E-state index contributed by atoms with van der Waals surface area (Å²) in [6.45, 7) is 2.71. The lowest BCUT2D eigenvalue weighted by molar-refractivity contribution is -0.129. The van der Waals surface area contributed by atoms with Crippen LogP contribution in [0.3, 0.4) is 0 Å². The number of halogens is 1. The van der Waals surface area contributed by atoms with E-state index in [1.54, 1.807) is 0 Å². The molecule has 2 atom stereocenters. The van der Waals surface area contributed by atoms with E-state index in [-0.39, 0.29) is 18.1 Å². The molecule has 1 fully saturated rings. The van der Waals surface area contributed by atoms with Gasteiger partial charge in [-0.15, -0.1) is 0 Å². The summed E-state index contributed by atoms with van der Waals surface area (Å²) in [5.41, 5.74) is 1.09. The Bertz CT molecular complexity index is 438. The first-order valence-electron chi connectivity index (χ1n) is 6.44. The SMILES string of the molecule is CSCCCN1C(=O)C(C)NC1c1ccc(Cl)cc1. The van der Waals surface area contributed by atoms with Gasteiger partial charge in [0, 0.05) is 11.6 Å². The second-order valence-corrected chi connectivity index (χ2v) is 6.14. The predicted octanol–water partition coefficient (Wildman–Crippen LogP) is 2.91. The van der Waals surface area contributed by atoms with Gasteiger partial charge >= 0.3 is 0 Å². The molecule has 19 heavy (non-hydrogen) atoms. The summed E-state index contributed by atoms with van der Waals surface area (Å²) in [6, 6.07) is 7.58. The number of thioether (sulfide) groups is 1. The number of benzene rings is 1. The van der Waals surface area contributed by atoms with Crippen LogP contribution in [0, 0.1) is 0 Å². The molecule has 0 saturated carbocycles. The van der Waals surface area contributed by atoms with Crippen LogP contribution in [-0.2, 0) is 4.79 Å². The van der Waals surface area contributed by atoms with Gasteiger partial charge < -0.3 is 4.90 Å². The Morgan fingerprint density at radius 1 is 1.37 bits per heavy atom. The lowest BCUT2D eigenvalue weighted by atomic mass is 10.1.